The molecule has 2 aromatic heterocycles. The summed E-state index contributed by atoms with van der Waals surface area (Å²) >= 11 is 0. The third-order valence-electron chi connectivity index (χ3n) is 18.8. The standard InChI is InChI=1S/C84H59NO2/c1-51(2)75-69-50-67(54-28-13-7-14-29-54)83-80(78(69)79-64(76(75)55-30-15-8-16-31-55)45-46-66-77-63(36-23-41-74(77)86-82(66)79)61-34-18-17-33-59(61)53-26-11-6-12-27-53)65-37-22-40-73(81(65)87-83)85(58-43-47-71-68(49-58)62-35-19-20-38-70(62)84(71,3)4)72-39-21-32-57-48-56(42-44-60(57)72)52-24-9-5-10-25-52/h5-51H,1-4H3. The normalized spacial score (nSPS) is 12.8. The van der Waals surface area contributed by atoms with Crippen LogP contribution in [-0.4, -0.2) is 0 Å². The fraction of sp³-hybridized carbons (Fsp3) is 0.0714. The number of para-hydroxylation sites is 1. The van der Waals surface area contributed by atoms with Gasteiger partial charge in [-0.3, -0.25) is 0 Å². The van der Waals surface area contributed by atoms with E-state index in [1.807, 2.05) is 0 Å². The van der Waals surface area contributed by atoms with Gasteiger partial charge in [0.2, 0.25) is 0 Å². The molecule has 2 heterocycles. The first-order chi connectivity index (χ1) is 42.8. The number of anilines is 3. The fourth-order valence-electron chi connectivity index (χ4n) is 14.9. The van der Waals surface area contributed by atoms with Gasteiger partial charge in [-0.15, -0.1) is 0 Å². The number of furan rings is 2. The average molecular weight is 1110 g/mol. The Morgan fingerprint density at radius 1 is 0.322 bits per heavy atom. The van der Waals surface area contributed by atoms with Crippen LogP contribution in [0.3, 0.4) is 0 Å². The zero-order chi connectivity index (χ0) is 58.1. The van der Waals surface area contributed by atoms with E-state index in [-0.39, 0.29) is 11.3 Å². The first-order valence-corrected chi connectivity index (χ1v) is 30.4. The molecule has 0 fully saturated rings. The van der Waals surface area contributed by atoms with E-state index in [1.54, 1.807) is 0 Å². The minimum Gasteiger partial charge on any atom is -0.455 e. The highest BCUT2D eigenvalue weighted by Crippen LogP contribution is 2.56. The van der Waals surface area contributed by atoms with Crippen molar-refractivity contribution in [2.75, 3.05) is 4.90 Å². The molecule has 0 saturated heterocycles. The second kappa shape index (κ2) is 19.7. The van der Waals surface area contributed by atoms with E-state index < -0.39 is 0 Å². The molecular weight excluding hydrogens is 1050 g/mol. The van der Waals surface area contributed by atoms with Crippen LogP contribution < -0.4 is 4.90 Å². The summed E-state index contributed by atoms with van der Waals surface area (Å²) in [5.41, 5.74) is 24.3. The molecule has 17 rings (SSSR count). The topological polar surface area (TPSA) is 29.5 Å². The highest BCUT2D eigenvalue weighted by Gasteiger charge is 2.36. The van der Waals surface area contributed by atoms with E-state index in [2.05, 4.69) is 312 Å². The van der Waals surface area contributed by atoms with Crippen molar-refractivity contribution in [3.8, 4) is 66.8 Å². The van der Waals surface area contributed by atoms with Crippen molar-refractivity contribution in [1.29, 1.82) is 0 Å². The molecule has 1 aliphatic carbocycles. The molecule has 0 N–H and O–H groups in total. The SMILES string of the molecule is CC(C)c1c(-c2ccccc2)c2ccc3c(oc4cccc(-c5ccccc5-c5ccccc5)c43)c2c2c1cc(-c1ccccc1)c1oc3c(N(c4ccc5c(c4)-c4ccccc4C5(C)C)c4cccc5cc(-c6ccccc6)ccc45)cccc3c12. The molecule has 0 bridgehead atoms. The summed E-state index contributed by atoms with van der Waals surface area (Å²) < 4.78 is 15.4. The minimum atomic E-state index is -0.159. The lowest BCUT2D eigenvalue weighted by Gasteiger charge is -2.28. The Morgan fingerprint density at radius 2 is 0.897 bits per heavy atom. The van der Waals surface area contributed by atoms with Crippen LogP contribution in [0.25, 0.3) is 143 Å². The van der Waals surface area contributed by atoms with Crippen molar-refractivity contribution in [2.24, 2.45) is 0 Å². The molecule has 0 unspecified atom stereocenters. The Labute approximate surface area is 505 Å². The summed E-state index contributed by atoms with van der Waals surface area (Å²) in [7, 11) is 0. The third kappa shape index (κ3) is 7.75. The van der Waals surface area contributed by atoms with Crippen LogP contribution in [-0.2, 0) is 5.41 Å². The number of rotatable bonds is 9. The molecular formula is C84H59NO2. The Balaban J connectivity index is 1.02. The smallest absolute Gasteiger partial charge is 0.159 e. The molecule has 412 valence electrons. The highest BCUT2D eigenvalue weighted by molar-refractivity contribution is 6.37. The lowest BCUT2D eigenvalue weighted by atomic mass is 9.81. The Morgan fingerprint density at radius 3 is 1.64 bits per heavy atom. The van der Waals surface area contributed by atoms with E-state index >= 15 is 0 Å². The predicted octanol–water partition coefficient (Wildman–Crippen LogP) is 24.2. The maximum absolute atomic E-state index is 7.87. The molecule has 0 atom stereocenters. The molecule has 3 heteroatoms. The van der Waals surface area contributed by atoms with Gasteiger partial charge in [0.15, 0.2) is 5.58 Å². The predicted molar refractivity (Wildman–Crippen MR) is 367 cm³/mol. The summed E-state index contributed by atoms with van der Waals surface area (Å²) in [5.74, 6) is 0.133. The lowest BCUT2D eigenvalue weighted by molar-refractivity contribution is 0.660. The maximum Gasteiger partial charge on any atom is 0.159 e. The number of hydrogen-bond acceptors (Lipinski definition) is 3. The van der Waals surface area contributed by atoms with Crippen molar-refractivity contribution in [2.45, 2.75) is 39.0 Å². The molecule has 0 aliphatic heterocycles. The van der Waals surface area contributed by atoms with Crippen molar-refractivity contribution >= 4 is 93.3 Å². The summed E-state index contributed by atoms with van der Waals surface area (Å²) in [6.07, 6.45) is 0. The van der Waals surface area contributed by atoms with Crippen molar-refractivity contribution in [3.05, 3.63) is 296 Å². The Kier molecular flexibility index (Phi) is 11.5. The molecule has 14 aromatic carbocycles. The lowest BCUT2D eigenvalue weighted by Crippen LogP contribution is -2.15. The first-order valence-electron chi connectivity index (χ1n) is 30.4. The number of nitrogens with zero attached hydrogens (tertiary/aromatic N) is 1. The molecule has 1 aliphatic rings. The van der Waals surface area contributed by atoms with Gasteiger partial charge in [0.25, 0.3) is 0 Å². The van der Waals surface area contributed by atoms with Crippen LogP contribution in [0.1, 0.15) is 50.3 Å². The average Bonchev–Trinajstić information content (AvgIpc) is 1.69. The largest absolute Gasteiger partial charge is 0.455 e. The van der Waals surface area contributed by atoms with E-state index in [1.165, 1.54) is 66.6 Å². The van der Waals surface area contributed by atoms with Gasteiger partial charge >= 0.3 is 0 Å². The van der Waals surface area contributed by atoms with Gasteiger partial charge in [-0.1, -0.05) is 258 Å². The van der Waals surface area contributed by atoms with Crippen LogP contribution in [0, 0.1) is 0 Å². The molecule has 0 radical (unpaired) electrons. The third-order valence-corrected chi connectivity index (χ3v) is 18.8. The molecule has 87 heavy (non-hydrogen) atoms. The van der Waals surface area contributed by atoms with Gasteiger partial charge in [-0.25, -0.2) is 0 Å². The first kappa shape index (κ1) is 50.7. The van der Waals surface area contributed by atoms with Crippen LogP contribution in [0.5, 0.6) is 0 Å². The van der Waals surface area contributed by atoms with Crippen molar-refractivity contribution < 1.29 is 8.83 Å². The zero-order valence-electron chi connectivity index (χ0n) is 48.9. The van der Waals surface area contributed by atoms with E-state index in [0.717, 1.165) is 110 Å². The molecule has 0 amide bonds. The number of fused-ring (bicyclic) bond motifs is 15. The second-order valence-electron chi connectivity index (χ2n) is 24.4. The van der Waals surface area contributed by atoms with Crippen LogP contribution >= 0.6 is 0 Å². The molecule has 0 saturated carbocycles. The van der Waals surface area contributed by atoms with Crippen LogP contribution in [0.15, 0.2) is 288 Å². The fourth-order valence-corrected chi connectivity index (χ4v) is 14.9. The molecule has 0 spiro atoms. The minimum absolute atomic E-state index is 0.133. The van der Waals surface area contributed by atoms with Crippen molar-refractivity contribution in [1.82, 2.24) is 0 Å². The molecule has 3 nitrogen and oxygen atoms in total. The second-order valence-corrected chi connectivity index (χ2v) is 24.4. The zero-order valence-corrected chi connectivity index (χ0v) is 48.9. The Bertz CT molecular complexity index is 5440. The number of hydrogen-bond donors (Lipinski definition) is 0. The van der Waals surface area contributed by atoms with Gasteiger partial charge in [0.1, 0.15) is 16.7 Å². The van der Waals surface area contributed by atoms with Gasteiger partial charge < -0.3 is 13.7 Å². The summed E-state index contributed by atoms with van der Waals surface area (Å²) in [6.45, 7) is 9.41. The van der Waals surface area contributed by atoms with Gasteiger partial charge in [-0.2, -0.15) is 0 Å². The van der Waals surface area contributed by atoms with Gasteiger partial charge in [0, 0.05) is 54.4 Å². The van der Waals surface area contributed by atoms with E-state index in [0.29, 0.717) is 0 Å². The summed E-state index contributed by atoms with van der Waals surface area (Å²) in [4.78, 5) is 2.46. The highest BCUT2D eigenvalue weighted by atomic mass is 16.3. The number of benzene rings is 14. The maximum atomic E-state index is 7.87. The van der Waals surface area contributed by atoms with E-state index in [9.17, 15) is 0 Å². The van der Waals surface area contributed by atoms with E-state index in [4.69, 9.17) is 8.83 Å². The van der Waals surface area contributed by atoms with Crippen molar-refractivity contribution in [3.63, 3.8) is 0 Å². The Hall–Kier alpha value is -10.7. The summed E-state index contributed by atoms with van der Waals surface area (Å²) in [5, 5.41) is 11.1. The monoisotopic (exact) mass is 1110 g/mol. The molecule has 16 aromatic rings. The van der Waals surface area contributed by atoms with Gasteiger partial charge in [0.05, 0.1) is 11.4 Å². The quantitative estimate of drug-likeness (QED) is 0.135. The van der Waals surface area contributed by atoms with Crippen LogP contribution in [0.2, 0.25) is 0 Å². The van der Waals surface area contributed by atoms with Gasteiger partial charge in [-0.05, 0) is 148 Å². The van der Waals surface area contributed by atoms with Crippen LogP contribution in [0.4, 0.5) is 17.1 Å². The summed E-state index contributed by atoms with van der Waals surface area (Å²) in [6, 6.07) is 102.